The number of allylic oxidation sites excluding steroid dienone is 2. The van der Waals surface area contributed by atoms with Crippen LogP contribution < -0.4 is 5.73 Å². The van der Waals surface area contributed by atoms with Crippen molar-refractivity contribution in [2.75, 3.05) is 6.54 Å². The quantitative estimate of drug-likeness (QED) is 0.784. The minimum absolute atomic E-state index is 0.608. The molecule has 0 bridgehead atoms. The molecule has 5 nitrogen and oxygen atoms in total. The van der Waals surface area contributed by atoms with Gasteiger partial charge in [-0.05, 0) is 23.6 Å². The number of aryl methyl sites for hydroxylation is 1. The van der Waals surface area contributed by atoms with Gasteiger partial charge < -0.3 is 5.73 Å². The standard InChI is InChI=1S/C19H23N5/c1-3-9-23-24-11-10-22-19(15-24)18(12-20)14-21-13-17-7-5-16(4-2)6-8-17/h3,5-10,12,14-15H,1,4,11,13,20H2,2H3/b18-12?,21-14?,23-9-. The van der Waals surface area contributed by atoms with Gasteiger partial charge >= 0.3 is 0 Å². The lowest BCUT2D eigenvalue weighted by Gasteiger charge is -2.17. The Morgan fingerprint density at radius 1 is 1.33 bits per heavy atom. The van der Waals surface area contributed by atoms with Crippen LogP contribution in [0.3, 0.4) is 0 Å². The van der Waals surface area contributed by atoms with Gasteiger partial charge in [-0.2, -0.15) is 5.10 Å². The second kappa shape index (κ2) is 9.25. The molecule has 1 aliphatic rings. The number of nitrogens with zero attached hydrogens (tertiary/aromatic N) is 4. The van der Waals surface area contributed by atoms with Crippen molar-refractivity contribution in [2.45, 2.75) is 19.9 Å². The molecule has 1 heterocycles. The number of hydrogen-bond acceptors (Lipinski definition) is 5. The highest BCUT2D eigenvalue weighted by Gasteiger charge is 2.08. The van der Waals surface area contributed by atoms with Crippen molar-refractivity contribution in [1.82, 2.24) is 5.01 Å². The number of rotatable bonds is 7. The van der Waals surface area contributed by atoms with Gasteiger partial charge in [0, 0.05) is 30.4 Å². The van der Waals surface area contributed by atoms with Crippen molar-refractivity contribution >= 4 is 18.6 Å². The summed E-state index contributed by atoms with van der Waals surface area (Å²) in [4.78, 5) is 8.83. The van der Waals surface area contributed by atoms with E-state index < -0.39 is 0 Å². The largest absolute Gasteiger partial charge is 0.404 e. The van der Waals surface area contributed by atoms with Gasteiger partial charge in [-0.1, -0.05) is 37.8 Å². The third-order valence-electron chi connectivity index (χ3n) is 3.50. The van der Waals surface area contributed by atoms with Crippen LogP contribution in [0.4, 0.5) is 0 Å². The molecule has 0 amide bonds. The predicted octanol–water partition coefficient (Wildman–Crippen LogP) is 3.06. The molecular formula is C19H23N5. The van der Waals surface area contributed by atoms with Crippen molar-refractivity contribution < 1.29 is 0 Å². The van der Waals surface area contributed by atoms with Crippen LogP contribution in [-0.2, 0) is 13.0 Å². The van der Waals surface area contributed by atoms with E-state index in [0.29, 0.717) is 13.1 Å². The highest BCUT2D eigenvalue weighted by atomic mass is 15.4. The third kappa shape index (κ3) is 5.05. The van der Waals surface area contributed by atoms with Crippen LogP contribution in [0.25, 0.3) is 0 Å². The van der Waals surface area contributed by atoms with E-state index >= 15 is 0 Å². The zero-order chi connectivity index (χ0) is 17.2. The molecule has 1 aromatic carbocycles. The van der Waals surface area contributed by atoms with Gasteiger partial charge in [0.1, 0.15) is 0 Å². The van der Waals surface area contributed by atoms with Crippen LogP contribution in [0.2, 0.25) is 0 Å². The zero-order valence-corrected chi connectivity index (χ0v) is 14.0. The average Bonchev–Trinajstić information content (AvgIpc) is 2.64. The Hall–Kier alpha value is -2.95. The summed E-state index contributed by atoms with van der Waals surface area (Å²) < 4.78 is 0. The van der Waals surface area contributed by atoms with Crippen molar-refractivity contribution in [3.8, 4) is 0 Å². The molecule has 2 N–H and O–H groups in total. The Morgan fingerprint density at radius 2 is 2.08 bits per heavy atom. The molecule has 1 aromatic rings. The van der Waals surface area contributed by atoms with E-state index in [-0.39, 0.29) is 0 Å². The fourth-order valence-electron chi connectivity index (χ4n) is 2.14. The molecule has 2 rings (SSSR count). The minimum Gasteiger partial charge on any atom is -0.404 e. The molecule has 0 saturated heterocycles. The third-order valence-corrected chi connectivity index (χ3v) is 3.50. The lowest BCUT2D eigenvalue weighted by molar-refractivity contribution is 0.454. The highest BCUT2D eigenvalue weighted by Crippen LogP contribution is 2.14. The number of hydrazone groups is 1. The molecule has 0 fully saturated rings. The van der Waals surface area contributed by atoms with Gasteiger partial charge in [-0.3, -0.25) is 15.0 Å². The minimum atomic E-state index is 0.608. The van der Waals surface area contributed by atoms with E-state index in [1.165, 1.54) is 11.8 Å². The lowest BCUT2D eigenvalue weighted by Crippen LogP contribution is -2.18. The number of nitrogens with two attached hydrogens (primary N) is 1. The summed E-state index contributed by atoms with van der Waals surface area (Å²) in [5.41, 5.74) is 9.71. The number of hydrogen-bond donors (Lipinski definition) is 1. The summed E-state index contributed by atoms with van der Waals surface area (Å²) in [6, 6.07) is 8.47. The molecule has 0 unspecified atom stereocenters. The van der Waals surface area contributed by atoms with Gasteiger partial charge in [0.2, 0.25) is 0 Å². The number of benzene rings is 1. The van der Waals surface area contributed by atoms with Crippen molar-refractivity contribution in [1.29, 1.82) is 0 Å². The van der Waals surface area contributed by atoms with E-state index in [1.54, 1.807) is 29.7 Å². The molecule has 24 heavy (non-hydrogen) atoms. The second-order valence-electron chi connectivity index (χ2n) is 5.21. The topological polar surface area (TPSA) is 66.3 Å². The molecule has 0 radical (unpaired) electrons. The van der Waals surface area contributed by atoms with Crippen molar-refractivity contribution in [3.63, 3.8) is 0 Å². The maximum absolute atomic E-state index is 5.73. The normalized spacial score (nSPS) is 15.3. The first kappa shape index (κ1) is 17.4. The van der Waals surface area contributed by atoms with E-state index in [4.69, 9.17) is 5.73 Å². The van der Waals surface area contributed by atoms with Crippen LogP contribution >= 0.6 is 0 Å². The van der Waals surface area contributed by atoms with Crippen LogP contribution in [0, 0.1) is 0 Å². The van der Waals surface area contributed by atoms with Crippen LogP contribution in [0.15, 0.2) is 75.7 Å². The first-order valence-corrected chi connectivity index (χ1v) is 7.92. The fourth-order valence-corrected chi connectivity index (χ4v) is 2.14. The Balaban J connectivity index is 2.02. The first-order chi connectivity index (χ1) is 11.8. The van der Waals surface area contributed by atoms with Gasteiger partial charge in [0.25, 0.3) is 0 Å². The van der Waals surface area contributed by atoms with Gasteiger partial charge in [-0.25, -0.2) is 0 Å². The molecule has 0 atom stereocenters. The van der Waals surface area contributed by atoms with Crippen molar-refractivity contribution in [3.05, 3.63) is 71.7 Å². The molecular weight excluding hydrogens is 298 g/mol. The van der Waals surface area contributed by atoms with Crippen LogP contribution in [-0.4, -0.2) is 30.2 Å². The summed E-state index contributed by atoms with van der Waals surface area (Å²) in [5, 5.41) is 5.99. The maximum atomic E-state index is 5.73. The zero-order valence-electron chi connectivity index (χ0n) is 14.0. The van der Waals surface area contributed by atoms with Gasteiger partial charge in [0.15, 0.2) is 0 Å². The monoisotopic (exact) mass is 321 g/mol. The summed E-state index contributed by atoms with van der Waals surface area (Å²) in [6.07, 6.45) is 11.2. The van der Waals surface area contributed by atoms with Crippen molar-refractivity contribution in [2.24, 2.45) is 20.8 Å². The molecule has 0 spiro atoms. The van der Waals surface area contributed by atoms with Gasteiger partial charge in [0.05, 0.1) is 25.0 Å². The average molecular weight is 321 g/mol. The second-order valence-corrected chi connectivity index (χ2v) is 5.21. The highest BCUT2D eigenvalue weighted by molar-refractivity contribution is 5.85. The molecule has 0 aliphatic carbocycles. The summed E-state index contributed by atoms with van der Waals surface area (Å²) >= 11 is 0. The van der Waals surface area contributed by atoms with Crippen LogP contribution in [0.1, 0.15) is 18.1 Å². The smallest absolute Gasteiger partial charge is 0.0907 e. The Kier molecular flexibility index (Phi) is 6.71. The first-order valence-electron chi connectivity index (χ1n) is 7.92. The lowest BCUT2D eigenvalue weighted by atomic mass is 10.1. The van der Waals surface area contributed by atoms with E-state index in [2.05, 4.69) is 52.9 Å². The predicted molar refractivity (Wildman–Crippen MR) is 102 cm³/mol. The molecule has 124 valence electrons. The molecule has 0 saturated carbocycles. The summed E-state index contributed by atoms with van der Waals surface area (Å²) in [7, 11) is 0. The van der Waals surface area contributed by atoms with Crippen LogP contribution in [0.5, 0.6) is 0 Å². The Bertz CT molecular complexity index is 693. The van der Waals surface area contributed by atoms with E-state index in [1.807, 2.05) is 6.20 Å². The molecule has 1 aliphatic heterocycles. The van der Waals surface area contributed by atoms with E-state index in [0.717, 1.165) is 23.3 Å². The Labute approximate surface area is 143 Å². The summed E-state index contributed by atoms with van der Waals surface area (Å²) in [6.45, 7) is 6.98. The Morgan fingerprint density at radius 3 is 2.75 bits per heavy atom. The molecule has 0 aromatic heterocycles. The number of aliphatic imine (C=N–C) groups is 2. The fraction of sp³-hybridized carbons (Fsp3) is 0.211. The summed E-state index contributed by atoms with van der Waals surface area (Å²) in [5.74, 6) is 0. The molecule has 5 heteroatoms. The maximum Gasteiger partial charge on any atom is 0.0907 e. The SMILES string of the molecule is C=C/C=N\N1C=C(C(C=NCc2ccc(CC)cc2)=CN)N=CC1. The van der Waals surface area contributed by atoms with E-state index in [9.17, 15) is 0 Å². The van der Waals surface area contributed by atoms with Gasteiger partial charge in [-0.15, -0.1) is 0 Å².